The predicted octanol–water partition coefficient (Wildman–Crippen LogP) is 6.63. The molecule has 0 aliphatic heterocycles. The molecule has 8 rings (SSSR count). The smallest absolute Gasteiger partial charge is 0.693 e. The molecule has 8 aromatic rings. The van der Waals surface area contributed by atoms with Crippen molar-refractivity contribution in [3.63, 3.8) is 0 Å². The van der Waals surface area contributed by atoms with Crippen LogP contribution in [0.4, 0.5) is 40.1 Å². The third-order valence-corrected chi connectivity index (χ3v) is 13.6. The number of aromatic hydroxyl groups is 1. The van der Waals surface area contributed by atoms with Crippen LogP contribution in [0.3, 0.4) is 0 Å². The largest absolute Gasteiger partial charge is 0.693 e. The molecule has 0 aromatic carbocycles. The van der Waals surface area contributed by atoms with Gasteiger partial charge < -0.3 is 132 Å². The van der Waals surface area contributed by atoms with Gasteiger partial charge in [0.05, 0.1) is 22.7 Å². The SMILES string of the molecule is Cn1cc(NC(=O)c2cc(NC(=O)c3cc(NC(=O)c4nc(NC(=O)C([NH-])CCNC(=O)c5cc(NC(=O)c6c(O)c(NC(=O)c7nc(NC(=O)c8nccn8C)cn7C)cn6C)cn5C)cn4C)cn3C)cn2C)cc1C(=O)NCCC(=O)NCCC[NH-].[CH3-].[Cl][Pt].[Cl][Pt].[NH2-].[NH2-].[NH2-]. The van der Waals surface area contributed by atoms with Crippen LogP contribution in [0.1, 0.15) is 104 Å². The average Bonchev–Trinajstić information content (AvgIpc) is 1.67. The van der Waals surface area contributed by atoms with Crippen molar-refractivity contribution in [1.29, 1.82) is 0 Å². The fourth-order valence-corrected chi connectivity index (χ4v) is 9.13. The molecule has 0 saturated heterocycles. The number of hydrogen-bond acceptors (Lipinski definition) is 14. The molecule has 19 N–H and O–H groups in total. The van der Waals surface area contributed by atoms with E-state index in [1.54, 1.807) is 85.2 Å². The third kappa shape index (κ3) is 21.4. The Morgan fingerprint density at radius 2 is 0.897 bits per heavy atom. The second-order valence-electron chi connectivity index (χ2n) is 20.5. The number of nitrogens with one attached hydrogen (secondary N) is 12. The van der Waals surface area contributed by atoms with Crippen LogP contribution in [0, 0.1) is 7.43 Å². The Morgan fingerprint density at radius 1 is 0.485 bits per heavy atom. The van der Waals surface area contributed by atoms with E-state index in [4.69, 9.17) is 11.5 Å². The monoisotopic (exact) mass is 1750 g/mol. The molecule has 8 heterocycles. The maximum atomic E-state index is 13.5. The van der Waals surface area contributed by atoms with E-state index in [9.17, 15) is 53.1 Å². The van der Waals surface area contributed by atoms with Gasteiger partial charge in [0, 0.05) is 138 Å². The summed E-state index contributed by atoms with van der Waals surface area (Å²) in [5, 5.41) is 37.4. The van der Waals surface area contributed by atoms with Crippen molar-refractivity contribution in [2.75, 3.05) is 63.4 Å². The van der Waals surface area contributed by atoms with Crippen molar-refractivity contribution in [3.05, 3.63) is 163 Å². The molecule has 0 radical (unpaired) electrons. The summed E-state index contributed by atoms with van der Waals surface area (Å²) in [6.07, 6.45) is 13.6. The van der Waals surface area contributed by atoms with Gasteiger partial charge in [-0.3, -0.25) is 47.9 Å². The number of amides is 10. The van der Waals surface area contributed by atoms with Crippen LogP contribution in [-0.2, 0) is 104 Å². The van der Waals surface area contributed by atoms with E-state index >= 15 is 0 Å². The van der Waals surface area contributed by atoms with E-state index in [2.05, 4.69) is 87.0 Å². The van der Waals surface area contributed by atoms with Crippen molar-refractivity contribution in [2.45, 2.75) is 25.3 Å². The first-order valence-electron chi connectivity index (χ1n) is 27.5. The van der Waals surface area contributed by atoms with Gasteiger partial charge in [0.1, 0.15) is 28.5 Å². The second kappa shape index (κ2) is 38.1. The summed E-state index contributed by atoms with van der Waals surface area (Å²) in [7, 11) is 21.7. The number of imidazole rings is 3. The number of rotatable bonds is 25. The number of anilines is 7. The number of hydrogen-bond donors (Lipinski definition) is 11. The van der Waals surface area contributed by atoms with E-state index in [0.717, 1.165) is 0 Å². The predicted molar refractivity (Wildman–Crippen MR) is 358 cm³/mol. The average molecular weight is 1750 g/mol. The topological polar surface area (TPSA) is 537 Å². The molecule has 0 bridgehead atoms. The van der Waals surface area contributed by atoms with E-state index in [-0.39, 0.29) is 145 Å². The molecule has 534 valence electrons. The molecule has 1 atom stereocenters. The zero-order valence-corrected chi connectivity index (χ0v) is 59.7. The summed E-state index contributed by atoms with van der Waals surface area (Å²) in [6, 6.07) is 4.34. The number of carbonyl (C=O) groups is 10. The zero-order chi connectivity index (χ0) is 68.5. The standard InChI is InChI=1S/C55H65N23O11.CH3.2ClH.3H2N.2Pt/c1-71-17-16-59-44(71)53(87)70-40-28-78(8)46(68-40)55(89)66-34-26-76(6)42(43(34)80)52(86)64-31-19-36(73(3)24-31)48(82)60-14-10-33(57)47(81)69-39-27-77(7)45(67-39)54(88)65-32-21-38(75(5)25-32)51(85)63-30-20-37(74(4)23-30)50(84)62-29-18-35(72(2)22-29)49(83)61-15-11-41(79)58-13-9-12-56;;;;;;;;/h16-28,33,56-57,80H,9-15H2,1-8H3,(H,58,79)(H,60,82)(H,61,83)(H,62,84)(H,63,85)(H,64,86)(H,65,88)(H,66,89)(H,69,81)(H,70,87);1H3;2*1H;3*1H2;;/q-2;-1;;;3*-1;2*+1/p-2. The van der Waals surface area contributed by atoms with Crippen LogP contribution in [-0.4, -0.2) is 148 Å². The van der Waals surface area contributed by atoms with Gasteiger partial charge in [-0.1, -0.05) is 12.5 Å². The minimum absolute atomic E-state index is 0. The van der Waals surface area contributed by atoms with Crippen LogP contribution >= 0.6 is 18.8 Å². The molecule has 41 heteroatoms. The molecular weight excluding hydrogens is 1670 g/mol. The van der Waals surface area contributed by atoms with Crippen molar-refractivity contribution >= 4 is 118 Å². The fraction of sp³-hybridized carbons (Fsp3) is 0.286. The molecule has 37 nitrogen and oxygen atoms in total. The Hall–Kier alpha value is -9.71. The molecule has 0 aliphatic carbocycles. The van der Waals surface area contributed by atoms with Crippen LogP contribution in [0.5, 0.6) is 5.75 Å². The Bertz CT molecular complexity index is 4100. The van der Waals surface area contributed by atoms with Crippen LogP contribution in [0.2, 0.25) is 0 Å². The van der Waals surface area contributed by atoms with Gasteiger partial charge in [-0.25, -0.2) is 15.0 Å². The van der Waals surface area contributed by atoms with Gasteiger partial charge in [-0.2, -0.15) is 0 Å². The maximum absolute atomic E-state index is 13.5. The summed E-state index contributed by atoms with van der Waals surface area (Å²) >= 11 is 3.22. The van der Waals surface area contributed by atoms with Crippen molar-refractivity contribution in [1.82, 2.24) is 67.4 Å². The summed E-state index contributed by atoms with van der Waals surface area (Å²) in [6.45, 7) is 0.559. The first kappa shape index (κ1) is 83.4. The number of halogens is 2. The van der Waals surface area contributed by atoms with Crippen LogP contribution in [0.25, 0.3) is 29.9 Å². The van der Waals surface area contributed by atoms with Gasteiger partial charge in [0.2, 0.25) is 23.5 Å². The van der Waals surface area contributed by atoms with Gasteiger partial charge in [0.15, 0.2) is 28.9 Å². The molecule has 1 unspecified atom stereocenters. The number of nitrogens with zero attached hydrogens (tertiary/aromatic N) is 11. The van der Waals surface area contributed by atoms with Gasteiger partial charge in [0.25, 0.3) is 47.3 Å². The van der Waals surface area contributed by atoms with E-state index < -0.39 is 65.0 Å². The zero-order valence-electron chi connectivity index (χ0n) is 53.6. The molecule has 0 saturated carbocycles. The number of nitrogens with two attached hydrogens (primary N) is 3. The number of aryl methyl sites for hydroxylation is 8. The minimum Gasteiger partial charge on any atom is -0.693 e. The summed E-state index contributed by atoms with van der Waals surface area (Å²) in [5.41, 5.74) is 16.9. The summed E-state index contributed by atoms with van der Waals surface area (Å²) in [4.78, 5) is 143. The Morgan fingerprint density at radius 3 is 1.35 bits per heavy atom. The molecule has 97 heavy (non-hydrogen) atoms. The Balaban J connectivity index is 0.00000393. The molecule has 8 aromatic heterocycles. The van der Waals surface area contributed by atoms with Crippen molar-refractivity contribution in [3.8, 4) is 5.75 Å². The van der Waals surface area contributed by atoms with Crippen LogP contribution in [0.15, 0.2) is 80.0 Å². The summed E-state index contributed by atoms with van der Waals surface area (Å²) < 4.78 is 11.4. The van der Waals surface area contributed by atoms with E-state index in [0.29, 0.717) is 18.7 Å². The maximum Gasteiger partial charge on any atom is -0.693 e. The Kier molecular flexibility index (Phi) is 32.8. The molecule has 0 fully saturated rings. The van der Waals surface area contributed by atoms with E-state index in [1.165, 1.54) is 125 Å². The van der Waals surface area contributed by atoms with Gasteiger partial charge in [-0.15, -0.1) is 6.54 Å². The first-order chi connectivity index (χ1) is 44.3. The van der Waals surface area contributed by atoms with Crippen LogP contribution < -0.4 is 53.2 Å². The van der Waals surface area contributed by atoms with E-state index in [1.807, 2.05) is 0 Å². The number of aromatic nitrogens is 11. The Labute approximate surface area is 586 Å². The van der Waals surface area contributed by atoms with Crippen molar-refractivity contribution < 1.29 is 90.6 Å². The normalized spacial score (nSPS) is 10.6. The summed E-state index contributed by atoms with van der Waals surface area (Å²) in [5.74, 6) is -6.64. The van der Waals surface area contributed by atoms with Gasteiger partial charge >= 0.3 is 56.4 Å². The van der Waals surface area contributed by atoms with Gasteiger partial charge in [-0.05, 0) is 30.7 Å². The van der Waals surface area contributed by atoms with Crippen molar-refractivity contribution in [2.24, 2.45) is 56.4 Å². The minimum atomic E-state index is -1.39. The fourth-order valence-electron chi connectivity index (χ4n) is 9.13. The molecular formula is C56H74Cl2N26O11Pt2-6. The first-order valence-corrected chi connectivity index (χ1v) is 33.1. The third-order valence-electron chi connectivity index (χ3n) is 13.6. The molecule has 0 aliphatic rings. The number of carbonyl (C=O) groups excluding carboxylic acids is 10. The molecule has 0 spiro atoms. The second-order valence-corrected chi connectivity index (χ2v) is 20.5. The quantitative estimate of drug-likeness (QED) is 0.0211. The molecule has 10 amide bonds.